The molecular weight excluding hydrogens is 318 g/mol. The molecule has 0 spiro atoms. The van der Waals surface area contributed by atoms with Gasteiger partial charge in [0.25, 0.3) is 0 Å². The molecule has 1 aromatic rings. The lowest BCUT2D eigenvalue weighted by molar-refractivity contribution is -0.120. The van der Waals surface area contributed by atoms with E-state index in [1.54, 1.807) is 20.8 Å². The summed E-state index contributed by atoms with van der Waals surface area (Å²) in [6.07, 6.45) is -0.592. The summed E-state index contributed by atoms with van der Waals surface area (Å²) in [7, 11) is 0. The number of hydrogen-bond acceptors (Lipinski definition) is 4. The predicted molar refractivity (Wildman–Crippen MR) is 99.4 cm³/mol. The highest BCUT2D eigenvalue weighted by Gasteiger charge is 2.19. The summed E-state index contributed by atoms with van der Waals surface area (Å²) in [6.45, 7) is 11.7. The maximum atomic E-state index is 12.0. The van der Waals surface area contributed by atoms with Gasteiger partial charge in [-0.15, -0.1) is 0 Å². The number of carbonyl (C=O) groups is 2. The Morgan fingerprint density at radius 1 is 1.08 bits per heavy atom. The average molecular weight is 349 g/mol. The number of ether oxygens (including phenoxy) is 1. The van der Waals surface area contributed by atoms with Gasteiger partial charge in [0.05, 0.1) is 12.6 Å². The van der Waals surface area contributed by atoms with E-state index in [0.29, 0.717) is 6.54 Å². The van der Waals surface area contributed by atoms with Crippen molar-refractivity contribution >= 4 is 12.0 Å². The van der Waals surface area contributed by atoms with Gasteiger partial charge in [-0.05, 0) is 39.4 Å². The van der Waals surface area contributed by atoms with Crippen molar-refractivity contribution in [3.8, 4) is 0 Å². The molecule has 0 fully saturated rings. The molecule has 1 aromatic carbocycles. The maximum Gasteiger partial charge on any atom is 0.408 e. The molecule has 0 aliphatic carbocycles. The fourth-order valence-electron chi connectivity index (χ4n) is 2.54. The van der Waals surface area contributed by atoms with Gasteiger partial charge >= 0.3 is 6.09 Å². The van der Waals surface area contributed by atoms with Gasteiger partial charge in [0.1, 0.15) is 5.60 Å². The second-order valence-electron chi connectivity index (χ2n) is 6.81. The predicted octanol–water partition coefficient (Wildman–Crippen LogP) is 2.71. The molecule has 0 saturated carbocycles. The van der Waals surface area contributed by atoms with Crippen LogP contribution in [0.15, 0.2) is 30.3 Å². The number of amides is 2. The number of nitrogens with zero attached hydrogens (tertiary/aromatic N) is 1. The summed E-state index contributed by atoms with van der Waals surface area (Å²) in [5.74, 6) is -0.237. The summed E-state index contributed by atoms with van der Waals surface area (Å²) < 4.78 is 5.12. The van der Waals surface area contributed by atoms with Gasteiger partial charge in [-0.3, -0.25) is 9.69 Å². The van der Waals surface area contributed by atoms with Crippen LogP contribution in [0.5, 0.6) is 0 Å². The van der Waals surface area contributed by atoms with Gasteiger partial charge in [0.2, 0.25) is 5.91 Å². The fraction of sp³-hybridized carbons (Fsp3) is 0.579. The number of benzene rings is 1. The van der Waals surface area contributed by atoms with Crippen molar-refractivity contribution in [1.29, 1.82) is 0 Å². The molecule has 1 rings (SSSR count). The molecule has 6 nitrogen and oxygen atoms in total. The van der Waals surface area contributed by atoms with E-state index >= 15 is 0 Å². The fourth-order valence-corrected chi connectivity index (χ4v) is 2.54. The van der Waals surface area contributed by atoms with E-state index in [0.717, 1.165) is 18.7 Å². The van der Waals surface area contributed by atoms with Crippen molar-refractivity contribution in [2.75, 3.05) is 26.2 Å². The van der Waals surface area contributed by atoms with Gasteiger partial charge in [-0.25, -0.2) is 4.79 Å². The van der Waals surface area contributed by atoms with Crippen LogP contribution in [0.3, 0.4) is 0 Å². The van der Waals surface area contributed by atoms with Crippen LogP contribution in [0.25, 0.3) is 0 Å². The lowest BCUT2D eigenvalue weighted by Gasteiger charge is -2.30. The summed E-state index contributed by atoms with van der Waals surface area (Å²) in [5, 5.41) is 5.37. The molecule has 0 bridgehead atoms. The Kier molecular flexibility index (Phi) is 8.41. The Bertz CT molecular complexity index is 537. The average Bonchev–Trinajstić information content (AvgIpc) is 2.56. The zero-order chi connectivity index (χ0) is 18.9. The van der Waals surface area contributed by atoms with Gasteiger partial charge < -0.3 is 15.4 Å². The zero-order valence-electron chi connectivity index (χ0n) is 16.0. The topological polar surface area (TPSA) is 70.7 Å². The van der Waals surface area contributed by atoms with E-state index in [-0.39, 0.29) is 18.5 Å². The van der Waals surface area contributed by atoms with Crippen molar-refractivity contribution in [3.63, 3.8) is 0 Å². The molecule has 2 amide bonds. The van der Waals surface area contributed by atoms with Crippen molar-refractivity contribution in [2.24, 2.45) is 0 Å². The molecule has 140 valence electrons. The Hall–Kier alpha value is -2.08. The Morgan fingerprint density at radius 2 is 1.68 bits per heavy atom. The largest absolute Gasteiger partial charge is 0.444 e. The Morgan fingerprint density at radius 3 is 2.20 bits per heavy atom. The highest BCUT2D eigenvalue weighted by Crippen LogP contribution is 2.19. The first-order valence-electron chi connectivity index (χ1n) is 8.79. The van der Waals surface area contributed by atoms with E-state index in [1.807, 2.05) is 18.2 Å². The third kappa shape index (κ3) is 8.03. The van der Waals surface area contributed by atoms with Crippen LogP contribution in [-0.2, 0) is 9.53 Å². The van der Waals surface area contributed by atoms with Crippen LogP contribution in [-0.4, -0.2) is 48.7 Å². The lowest BCUT2D eigenvalue weighted by atomic mass is 10.1. The molecular formula is C19H31N3O3. The molecule has 2 N–H and O–H groups in total. The minimum Gasteiger partial charge on any atom is -0.444 e. The van der Waals surface area contributed by atoms with Crippen molar-refractivity contribution in [1.82, 2.24) is 15.5 Å². The third-order valence-corrected chi connectivity index (χ3v) is 3.72. The standard InChI is InChI=1S/C19H31N3O3/c1-6-22(7-2)16(15-11-9-8-10-12-15)13-20-17(23)14-21-18(24)25-19(3,4)5/h8-12,16H,6-7,13-14H2,1-5H3,(H,20,23)(H,21,24). The van der Waals surface area contributed by atoms with Crippen LogP contribution in [0.1, 0.15) is 46.2 Å². The number of nitrogens with one attached hydrogen (secondary N) is 2. The first kappa shape index (κ1) is 21.0. The number of alkyl carbamates (subject to hydrolysis) is 1. The summed E-state index contributed by atoms with van der Waals surface area (Å²) >= 11 is 0. The van der Waals surface area contributed by atoms with E-state index in [1.165, 1.54) is 0 Å². The number of likely N-dealkylation sites (N-methyl/N-ethyl adjacent to an activating group) is 1. The molecule has 25 heavy (non-hydrogen) atoms. The monoisotopic (exact) mass is 349 g/mol. The van der Waals surface area contributed by atoms with Crippen molar-refractivity contribution in [3.05, 3.63) is 35.9 Å². The van der Waals surface area contributed by atoms with Crippen molar-refractivity contribution < 1.29 is 14.3 Å². The van der Waals surface area contributed by atoms with E-state index in [9.17, 15) is 9.59 Å². The minimum atomic E-state index is -0.592. The Labute approximate surface area is 150 Å². The van der Waals surface area contributed by atoms with Crippen LogP contribution < -0.4 is 10.6 Å². The highest BCUT2D eigenvalue weighted by molar-refractivity contribution is 5.82. The smallest absolute Gasteiger partial charge is 0.408 e. The normalized spacial score (nSPS) is 12.6. The molecule has 0 heterocycles. The molecule has 0 radical (unpaired) electrons. The number of rotatable bonds is 8. The molecule has 0 aliphatic heterocycles. The Balaban J connectivity index is 2.56. The molecule has 0 saturated heterocycles. The van der Waals surface area contributed by atoms with Crippen LogP contribution in [0, 0.1) is 0 Å². The maximum absolute atomic E-state index is 12.0. The van der Waals surface area contributed by atoms with Crippen LogP contribution >= 0.6 is 0 Å². The number of hydrogen-bond donors (Lipinski definition) is 2. The summed E-state index contributed by atoms with van der Waals surface area (Å²) in [5.41, 5.74) is 0.577. The SMILES string of the molecule is CCN(CC)C(CNC(=O)CNC(=O)OC(C)(C)C)c1ccccc1. The van der Waals surface area contributed by atoms with Gasteiger partial charge in [0.15, 0.2) is 0 Å². The number of carbonyl (C=O) groups excluding carboxylic acids is 2. The molecule has 0 aromatic heterocycles. The second-order valence-corrected chi connectivity index (χ2v) is 6.81. The molecule has 0 aliphatic rings. The van der Waals surface area contributed by atoms with E-state index < -0.39 is 11.7 Å². The summed E-state index contributed by atoms with van der Waals surface area (Å²) in [6, 6.07) is 10.2. The van der Waals surface area contributed by atoms with Crippen LogP contribution in [0.4, 0.5) is 4.79 Å². The third-order valence-electron chi connectivity index (χ3n) is 3.72. The second kappa shape index (κ2) is 10.0. The van der Waals surface area contributed by atoms with Crippen LogP contribution in [0.2, 0.25) is 0 Å². The van der Waals surface area contributed by atoms with Gasteiger partial charge in [-0.1, -0.05) is 44.2 Å². The lowest BCUT2D eigenvalue weighted by Crippen LogP contribution is -2.43. The van der Waals surface area contributed by atoms with E-state index in [4.69, 9.17) is 4.74 Å². The zero-order valence-corrected chi connectivity index (χ0v) is 16.0. The first-order chi connectivity index (χ1) is 11.8. The quantitative estimate of drug-likeness (QED) is 0.757. The first-order valence-corrected chi connectivity index (χ1v) is 8.79. The van der Waals surface area contributed by atoms with E-state index in [2.05, 4.69) is 41.5 Å². The minimum absolute atomic E-state index is 0.0988. The molecule has 6 heteroatoms. The van der Waals surface area contributed by atoms with Gasteiger partial charge in [0, 0.05) is 6.54 Å². The summed E-state index contributed by atoms with van der Waals surface area (Å²) in [4.78, 5) is 25.9. The van der Waals surface area contributed by atoms with Gasteiger partial charge in [-0.2, -0.15) is 0 Å². The van der Waals surface area contributed by atoms with Crippen molar-refractivity contribution in [2.45, 2.75) is 46.3 Å². The molecule has 1 atom stereocenters. The highest BCUT2D eigenvalue weighted by atomic mass is 16.6. The molecule has 1 unspecified atom stereocenters.